The second-order valence-corrected chi connectivity index (χ2v) is 10.2. The van der Waals surface area contributed by atoms with Crippen LogP contribution in [-0.2, 0) is 22.4 Å². The first-order valence-corrected chi connectivity index (χ1v) is 13.5. The summed E-state index contributed by atoms with van der Waals surface area (Å²) in [6.45, 7) is 2.30. The first kappa shape index (κ1) is 26.5. The number of halogens is 2. The van der Waals surface area contributed by atoms with E-state index < -0.39 is 0 Å². The Morgan fingerprint density at radius 1 is 1.03 bits per heavy atom. The van der Waals surface area contributed by atoms with Gasteiger partial charge in [-0.15, -0.1) is 0 Å². The molecule has 0 amide bonds. The van der Waals surface area contributed by atoms with Crippen molar-refractivity contribution in [3.05, 3.63) is 75.5 Å². The fourth-order valence-electron chi connectivity index (χ4n) is 5.29. The number of aromatic nitrogens is 2. The van der Waals surface area contributed by atoms with E-state index in [1.807, 2.05) is 48.0 Å². The number of nitrogens with zero attached hydrogens (tertiary/aromatic N) is 2. The van der Waals surface area contributed by atoms with Gasteiger partial charge in [-0.25, -0.2) is 4.68 Å². The molecule has 6 nitrogen and oxygen atoms in total. The van der Waals surface area contributed by atoms with Crippen LogP contribution in [0.1, 0.15) is 68.3 Å². The third kappa shape index (κ3) is 6.23. The normalized spacial score (nSPS) is 16.0. The molecule has 5 rings (SSSR count). The molecule has 0 aliphatic heterocycles. The minimum atomic E-state index is -0.227. The van der Waals surface area contributed by atoms with Gasteiger partial charge in [0.15, 0.2) is 0 Å². The predicted octanol–water partition coefficient (Wildman–Crippen LogP) is 6.87. The van der Waals surface area contributed by atoms with E-state index in [2.05, 4.69) is 5.43 Å². The second-order valence-electron chi connectivity index (χ2n) is 9.33. The highest BCUT2D eigenvalue weighted by atomic mass is 35.5. The van der Waals surface area contributed by atoms with Crippen LogP contribution >= 0.6 is 23.2 Å². The number of rotatable bonds is 6. The van der Waals surface area contributed by atoms with Crippen molar-refractivity contribution in [1.82, 2.24) is 9.78 Å². The molecule has 192 valence electrons. The summed E-state index contributed by atoms with van der Waals surface area (Å²) >= 11 is 11.7. The Morgan fingerprint density at radius 2 is 1.67 bits per heavy atom. The third-order valence-electron chi connectivity index (χ3n) is 6.99. The summed E-state index contributed by atoms with van der Waals surface area (Å²) in [4.78, 5) is 13.1. The molecule has 8 heteroatoms. The molecule has 1 heterocycles. The lowest BCUT2D eigenvalue weighted by Crippen LogP contribution is -2.28. The average Bonchev–Trinajstić information content (AvgIpc) is 3.49. The number of hydrogen-bond acceptors (Lipinski definition) is 5. The van der Waals surface area contributed by atoms with Gasteiger partial charge in [0.1, 0.15) is 5.92 Å². The van der Waals surface area contributed by atoms with Crippen LogP contribution in [0.3, 0.4) is 0 Å². The molecule has 1 unspecified atom stereocenters. The number of anilines is 1. The number of fused-ring (bicyclic) bond motifs is 1. The smallest absolute Gasteiger partial charge is 0.315 e. The van der Waals surface area contributed by atoms with Crippen LogP contribution in [0, 0.1) is 5.92 Å². The average molecular weight is 530 g/mol. The summed E-state index contributed by atoms with van der Waals surface area (Å²) in [6, 6.07) is 14.9. The van der Waals surface area contributed by atoms with E-state index in [1.54, 1.807) is 12.1 Å². The van der Waals surface area contributed by atoms with Crippen LogP contribution in [0.15, 0.2) is 48.5 Å². The number of carbonyl (C=O) groups excluding carboxylic acids is 1. The lowest BCUT2D eigenvalue weighted by molar-refractivity contribution is -0.147. The maximum absolute atomic E-state index is 13.1. The van der Waals surface area contributed by atoms with E-state index in [0.29, 0.717) is 22.6 Å². The molecule has 1 atom stereocenters. The summed E-state index contributed by atoms with van der Waals surface area (Å²) in [5.74, 6) is 5.13. The van der Waals surface area contributed by atoms with Crippen LogP contribution in [0.5, 0.6) is 0 Å². The maximum atomic E-state index is 13.1. The van der Waals surface area contributed by atoms with E-state index >= 15 is 0 Å². The number of benzene rings is 2. The van der Waals surface area contributed by atoms with Gasteiger partial charge in [0, 0.05) is 15.7 Å². The lowest BCUT2D eigenvalue weighted by Gasteiger charge is -2.30. The molecular formula is C28H34Cl2N4O2. The Bertz CT molecular complexity index is 1140. The molecule has 0 spiro atoms. The second kappa shape index (κ2) is 12.6. The topological polar surface area (TPSA) is 82.2 Å². The number of hydrazine groups is 1. The van der Waals surface area contributed by atoms with Crippen LogP contribution in [0.4, 0.5) is 5.69 Å². The van der Waals surface area contributed by atoms with Gasteiger partial charge in [-0.3, -0.25) is 10.6 Å². The number of carbonyl (C=O) groups is 1. The van der Waals surface area contributed by atoms with Crippen molar-refractivity contribution < 1.29 is 9.53 Å². The number of esters is 1. The molecular weight excluding hydrogens is 495 g/mol. The van der Waals surface area contributed by atoms with Gasteiger partial charge in [-0.1, -0.05) is 42.5 Å². The van der Waals surface area contributed by atoms with Gasteiger partial charge < -0.3 is 10.2 Å². The highest BCUT2D eigenvalue weighted by Gasteiger charge is 2.38. The number of nitrogens with one attached hydrogen (secondary N) is 1. The minimum absolute atomic E-state index is 0.0887. The largest absolute Gasteiger partial charge is 0.465 e. The van der Waals surface area contributed by atoms with Crippen molar-refractivity contribution in [1.29, 1.82) is 0 Å². The van der Waals surface area contributed by atoms with Gasteiger partial charge >= 0.3 is 5.97 Å². The molecule has 3 N–H and O–H groups in total. The zero-order valence-electron chi connectivity index (χ0n) is 20.7. The first-order chi connectivity index (χ1) is 17.5. The fraction of sp³-hybridized carbons (Fsp3) is 0.429. The van der Waals surface area contributed by atoms with Crippen molar-refractivity contribution in [2.24, 2.45) is 11.8 Å². The predicted molar refractivity (Wildman–Crippen MR) is 146 cm³/mol. The molecule has 0 bridgehead atoms. The molecule has 1 saturated carbocycles. The monoisotopic (exact) mass is 528 g/mol. The maximum Gasteiger partial charge on any atom is 0.315 e. The Labute approximate surface area is 223 Å². The van der Waals surface area contributed by atoms with Crippen molar-refractivity contribution in [3.63, 3.8) is 0 Å². The first-order valence-electron chi connectivity index (χ1n) is 12.8. The number of ether oxygens (including phenoxy) is 1. The molecule has 0 saturated heterocycles. The van der Waals surface area contributed by atoms with Crippen molar-refractivity contribution in [2.75, 3.05) is 12.0 Å². The Balaban J connectivity index is 0.000000286. The van der Waals surface area contributed by atoms with Gasteiger partial charge in [0.25, 0.3) is 0 Å². The van der Waals surface area contributed by atoms with E-state index in [4.69, 9.17) is 38.9 Å². The third-order valence-corrected chi connectivity index (χ3v) is 7.49. The fourth-order valence-corrected chi connectivity index (χ4v) is 5.54. The quantitative estimate of drug-likeness (QED) is 0.207. The zero-order valence-corrected chi connectivity index (χ0v) is 22.2. The molecule has 36 heavy (non-hydrogen) atoms. The van der Waals surface area contributed by atoms with Gasteiger partial charge in [0.05, 0.1) is 23.7 Å². The molecule has 3 aromatic rings. The number of nitrogen functional groups attached to an aromatic ring is 1. The Kier molecular flexibility index (Phi) is 9.30. The van der Waals surface area contributed by atoms with E-state index in [1.165, 1.54) is 24.8 Å². The molecule has 2 aliphatic rings. The zero-order chi connectivity index (χ0) is 25.5. The molecule has 1 aromatic heterocycles. The summed E-state index contributed by atoms with van der Waals surface area (Å²) in [5.41, 5.74) is 7.80. The van der Waals surface area contributed by atoms with E-state index in [0.717, 1.165) is 54.9 Å². The summed E-state index contributed by atoms with van der Waals surface area (Å²) in [5, 5.41) is 6.33. The minimum Gasteiger partial charge on any atom is -0.465 e. The molecule has 2 aliphatic carbocycles. The summed E-state index contributed by atoms with van der Waals surface area (Å²) in [6.07, 6.45) is 8.93. The van der Waals surface area contributed by atoms with Gasteiger partial charge in [-0.2, -0.15) is 5.10 Å². The number of nitrogens with two attached hydrogens (primary N) is 1. The standard InChI is InChI=1S/C22H27ClN2O2.C6H7ClN2/c1-2-27-22(26)20(15-7-4-3-5-8-15)21-18-9-6-10-19(18)24-25(21)17-13-11-16(23)12-14-17;7-5-1-3-6(9-8)4-2-5/h11-15,20H,2-10H2,1H3;1-4,9H,8H2. The van der Waals surface area contributed by atoms with Gasteiger partial charge in [-0.05, 0) is 99.0 Å². The summed E-state index contributed by atoms with van der Waals surface area (Å²) in [7, 11) is 0. The van der Waals surface area contributed by atoms with Crippen molar-refractivity contribution >= 4 is 34.9 Å². The summed E-state index contributed by atoms with van der Waals surface area (Å²) < 4.78 is 7.55. The van der Waals surface area contributed by atoms with Crippen LogP contribution in [0.2, 0.25) is 10.0 Å². The highest BCUT2D eigenvalue weighted by Crippen LogP contribution is 2.41. The van der Waals surface area contributed by atoms with Crippen molar-refractivity contribution in [3.8, 4) is 5.69 Å². The lowest BCUT2D eigenvalue weighted by atomic mass is 9.77. The molecule has 2 aromatic carbocycles. The van der Waals surface area contributed by atoms with Crippen LogP contribution < -0.4 is 11.3 Å². The molecule has 1 fully saturated rings. The van der Waals surface area contributed by atoms with Gasteiger partial charge in [0.2, 0.25) is 0 Å². The highest BCUT2D eigenvalue weighted by molar-refractivity contribution is 6.30. The number of aryl methyl sites for hydroxylation is 1. The Hall–Kier alpha value is -2.54. The Morgan fingerprint density at radius 3 is 2.28 bits per heavy atom. The van der Waals surface area contributed by atoms with Crippen LogP contribution in [-0.4, -0.2) is 22.4 Å². The molecule has 0 radical (unpaired) electrons. The number of hydrogen-bond donors (Lipinski definition) is 2. The van der Waals surface area contributed by atoms with E-state index in [-0.39, 0.29) is 11.9 Å². The van der Waals surface area contributed by atoms with Crippen molar-refractivity contribution in [2.45, 2.75) is 64.2 Å². The SMILES string of the molecule is CCOC(=O)C(c1c2c(nn1-c1ccc(Cl)cc1)CCC2)C1CCCCC1.NNc1ccc(Cl)cc1. The van der Waals surface area contributed by atoms with Crippen LogP contribution in [0.25, 0.3) is 5.69 Å². The van der Waals surface area contributed by atoms with E-state index in [9.17, 15) is 4.79 Å².